The van der Waals surface area contributed by atoms with Crippen LogP contribution in [0, 0.1) is 0 Å². The van der Waals surface area contributed by atoms with Crippen LogP contribution in [0.2, 0.25) is 0 Å². The molecule has 0 unspecified atom stereocenters. The molecule has 1 aromatic rings. The Balaban J connectivity index is 2.62. The fourth-order valence-corrected chi connectivity index (χ4v) is 1.16. The summed E-state index contributed by atoms with van der Waals surface area (Å²) >= 11 is 0. The Morgan fingerprint density at radius 2 is 1.69 bits per heavy atom. The van der Waals surface area contributed by atoms with Crippen LogP contribution in [-0.2, 0) is 0 Å². The van der Waals surface area contributed by atoms with Crippen LogP contribution in [0.25, 0.3) is 0 Å². The highest BCUT2D eigenvalue weighted by Gasteiger charge is 2.16. The molecule has 2 atom stereocenters. The average Bonchev–Trinajstić information content (AvgIpc) is 2.18. The minimum absolute atomic E-state index is 0.120. The summed E-state index contributed by atoms with van der Waals surface area (Å²) in [6, 6.07) is 8.92. The number of hydrogen-bond acceptors (Lipinski definition) is 3. The molecule has 0 bridgehead atoms. The molecular formula is C10H14O3. The second kappa shape index (κ2) is 4.97. The second-order valence-electron chi connectivity index (χ2n) is 2.94. The van der Waals surface area contributed by atoms with Crippen molar-refractivity contribution >= 4 is 0 Å². The van der Waals surface area contributed by atoms with Crippen LogP contribution in [-0.4, -0.2) is 28.0 Å². The van der Waals surface area contributed by atoms with E-state index in [-0.39, 0.29) is 13.0 Å². The first-order chi connectivity index (χ1) is 6.25. The van der Waals surface area contributed by atoms with Gasteiger partial charge in [0.15, 0.2) is 0 Å². The number of benzene rings is 1. The smallest absolute Gasteiger partial charge is 0.105 e. The van der Waals surface area contributed by atoms with E-state index in [0.717, 1.165) is 0 Å². The summed E-state index contributed by atoms with van der Waals surface area (Å²) in [6.45, 7) is -0.120. The molecule has 0 aromatic heterocycles. The third kappa shape index (κ3) is 2.81. The molecular weight excluding hydrogens is 168 g/mol. The third-order valence-electron chi connectivity index (χ3n) is 1.93. The summed E-state index contributed by atoms with van der Waals surface area (Å²) in [4.78, 5) is 0. The zero-order valence-corrected chi connectivity index (χ0v) is 7.30. The molecule has 13 heavy (non-hydrogen) atoms. The van der Waals surface area contributed by atoms with Gasteiger partial charge in [0.25, 0.3) is 0 Å². The molecule has 3 N–H and O–H groups in total. The molecule has 0 amide bonds. The molecule has 0 aliphatic rings. The predicted molar refractivity (Wildman–Crippen MR) is 49.1 cm³/mol. The minimum atomic E-state index is -0.909. The first-order valence-corrected chi connectivity index (χ1v) is 4.27. The third-order valence-corrected chi connectivity index (χ3v) is 1.93. The second-order valence-corrected chi connectivity index (χ2v) is 2.94. The normalized spacial score (nSPS) is 15.3. The van der Waals surface area contributed by atoms with Crippen molar-refractivity contribution in [2.45, 2.75) is 18.6 Å². The monoisotopic (exact) mass is 182 g/mol. The maximum absolute atomic E-state index is 9.56. The fourth-order valence-electron chi connectivity index (χ4n) is 1.16. The van der Waals surface area contributed by atoms with E-state index in [9.17, 15) is 10.2 Å². The maximum atomic E-state index is 9.56. The van der Waals surface area contributed by atoms with Crippen LogP contribution in [0.1, 0.15) is 18.1 Å². The van der Waals surface area contributed by atoms with Gasteiger partial charge in [-0.25, -0.2) is 0 Å². The molecule has 3 nitrogen and oxygen atoms in total. The summed E-state index contributed by atoms with van der Waals surface area (Å²) in [5, 5.41) is 27.5. The van der Waals surface area contributed by atoms with Gasteiger partial charge in [0.1, 0.15) is 6.10 Å². The number of rotatable bonds is 4. The van der Waals surface area contributed by atoms with Gasteiger partial charge in [0.2, 0.25) is 0 Å². The van der Waals surface area contributed by atoms with E-state index in [4.69, 9.17) is 5.11 Å². The molecule has 0 aliphatic heterocycles. The topological polar surface area (TPSA) is 60.7 Å². The Morgan fingerprint density at radius 1 is 1.08 bits per heavy atom. The molecule has 0 heterocycles. The van der Waals surface area contributed by atoms with E-state index in [2.05, 4.69) is 0 Å². The van der Waals surface area contributed by atoms with Crippen molar-refractivity contribution in [3.63, 3.8) is 0 Å². The van der Waals surface area contributed by atoms with E-state index in [1.54, 1.807) is 24.3 Å². The van der Waals surface area contributed by atoms with E-state index in [1.807, 2.05) is 6.07 Å². The lowest BCUT2D eigenvalue weighted by Crippen LogP contribution is -2.19. The lowest BCUT2D eigenvalue weighted by atomic mass is 10.0. The summed E-state index contributed by atoms with van der Waals surface area (Å²) < 4.78 is 0. The van der Waals surface area contributed by atoms with Crippen LogP contribution in [0.3, 0.4) is 0 Å². The van der Waals surface area contributed by atoms with Gasteiger partial charge in [-0.05, 0) is 12.0 Å². The first-order valence-electron chi connectivity index (χ1n) is 4.27. The molecule has 0 radical (unpaired) electrons. The molecule has 1 aromatic carbocycles. The van der Waals surface area contributed by atoms with Crippen molar-refractivity contribution in [3.05, 3.63) is 35.9 Å². The fraction of sp³-hybridized carbons (Fsp3) is 0.400. The van der Waals surface area contributed by atoms with Crippen LogP contribution in [0.4, 0.5) is 0 Å². The molecule has 0 saturated carbocycles. The Kier molecular flexibility index (Phi) is 3.89. The van der Waals surface area contributed by atoms with Gasteiger partial charge in [-0.1, -0.05) is 30.3 Å². The molecule has 0 aliphatic carbocycles. The lowest BCUT2D eigenvalue weighted by Gasteiger charge is -2.16. The van der Waals surface area contributed by atoms with Crippen molar-refractivity contribution in [1.82, 2.24) is 0 Å². The van der Waals surface area contributed by atoms with E-state index in [1.165, 1.54) is 0 Å². The highest BCUT2D eigenvalue weighted by atomic mass is 16.3. The first kappa shape index (κ1) is 10.2. The SMILES string of the molecule is OCC[C@@H](O)[C@H](O)c1ccccc1. The largest absolute Gasteiger partial charge is 0.396 e. The molecule has 1 rings (SSSR count). The molecule has 0 saturated heterocycles. The highest BCUT2D eigenvalue weighted by Crippen LogP contribution is 2.17. The van der Waals surface area contributed by atoms with Crippen LogP contribution >= 0.6 is 0 Å². The van der Waals surface area contributed by atoms with Crippen LogP contribution < -0.4 is 0 Å². The standard InChI is InChI=1S/C10H14O3/c11-7-6-9(12)10(13)8-4-2-1-3-5-8/h1-5,9-13H,6-7H2/t9-,10-/m1/s1. The van der Waals surface area contributed by atoms with E-state index < -0.39 is 12.2 Å². The van der Waals surface area contributed by atoms with Crippen molar-refractivity contribution in [2.24, 2.45) is 0 Å². The molecule has 72 valence electrons. The maximum Gasteiger partial charge on any atom is 0.105 e. The summed E-state index contributed by atoms with van der Waals surface area (Å²) in [6.07, 6.45) is -1.61. The van der Waals surface area contributed by atoms with Crippen molar-refractivity contribution < 1.29 is 15.3 Å². The van der Waals surface area contributed by atoms with Crippen molar-refractivity contribution in [2.75, 3.05) is 6.61 Å². The number of aliphatic hydroxyl groups excluding tert-OH is 3. The van der Waals surface area contributed by atoms with Gasteiger partial charge in [0, 0.05) is 6.61 Å². The Bertz CT molecular complexity index is 235. The number of hydrogen-bond donors (Lipinski definition) is 3. The predicted octanol–water partition coefficient (Wildman–Crippen LogP) is 0.463. The van der Waals surface area contributed by atoms with Gasteiger partial charge >= 0.3 is 0 Å². The molecule has 0 fully saturated rings. The van der Waals surface area contributed by atoms with E-state index in [0.29, 0.717) is 5.56 Å². The summed E-state index contributed by atoms with van der Waals surface area (Å²) in [7, 11) is 0. The molecule has 0 spiro atoms. The summed E-state index contributed by atoms with van der Waals surface area (Å²) in [5.41, 5.74) is 0.670. The average molecular weight is 182 g/mol. The Hall–Kier alpha value is -0.900. The van der Waals surface area contributed by atoms with Gasteiger partial charge in [-0.2, -0.15) is 0 Å². The highest BCUT2D eigenvalue weighted by molar-refractivity contribution is 5.18. The number of aliphatic hydroxyl groups is 3. The van der Waals surface area contributed by atoms with E-state index >= 15 is 0 Å². The van der Waals surface area contributed by atoms with Gasteiger partial charge < -0.3 is 15.3 Å². The Labute approximate surface area is 77.3 Å². The van der Waals surface area contributed by atoms with Crippen molar-refractivity contribution in [3.8, 4) is 0 Å². The van der Waals surface area contributed by atoms with Gasteiger partial charge in [-0.15, -0.1) is 0 Å². The van der Waals surface area contributed by atoms with Crippen LogP contribution in [0.15, 0.2) is 30.3 Å². The Morgan fingerprint density at radius 3 is 2.23 bits per heavy atom. The minimum Gasteiger partial charge on any atom is -0.396 e. The van der Waals surface area contributed by atoms with Gasteiger partial charge in [-0.3, -0.25) is 0 Å². The van der Waals surface area contributed by atoms with Crippen molar-refractivity contribution in [1.29, 1.82) is 0 Å². The molecule has 3 heteroatoms. The summed E-state index contributed by atoms with van der Waals surface area (Å²) in [5.74, 6) is 0. The lowest BCUT2D eigenvalue weighted by molar-refractivity contribution is 0.00422. The van der Waals surface area contributed by atoms with Gasteiger partial charge in [0.05, 0.1) is 6.10 Å². The quantitative estimate of drug-likeness (QED) is 0.634. The van der Waals surface area contributed by atoms with Crippen LogP contribution in [0.5, 0.6) is 0 Å². The zero-order chi connectivity index (χ0) is 9.68. The zero-order valence-electron chi connectivity index (χ0n) is 7.30.